The summed E-state index contributed by atoms with van der Waals surface area (Å²) in [6, 6.07) is 13.2. The molecule has 2 aromatic carbocycles. The molecule has 0 aromatic heterocycles. The first-order valence-electron chi connectivity index (χ1n) is 7.71. The van der Waals surface area contributed by atoms with E-state index >= 15 is 0 Å². The molecule has 0 heterocycles. The first kappa shape index (κ1) is 17.4. The van der Waals surface area contributed by atoms with E-state index < -0.39 is 6.10 Å². The van der Waals surface area contributed by atoms with E-state index in [1.165, 1.54) is 0 Å². The van der Waals surface area contributed by atoms with Crippen LogP contribution in [0.3, 0.4) is 0 Å². The Hall–Kier alpha value is -2.00. The molecule has 0 unspecified atom stereocenters. The van der Waals surface area contributed by atoms with Gasteiger partial charge >= 0.3 is 0 Å². The van der Waals surface area contributed by atoms with Gasteiger partial charge in [-0.25, -0.2) is 0 Å². The molecule has 0 fully saturated rings. The predicted molar refractivity (Wildman–Crippen MR) is 95.4 cm³/mol. The molecule has 4 heteroatoms. The summed E-state index contributed by atoms with van der Waals surface area (Å²) in [6.07, 6.45) is -0.620. The Morgan fingerprint density at radius 3 is 2.48 bits per heavy atom. The summed E-state index contributed by atoms with van der Waals surface area (Å²) in [6.45, 7) is 7.95. The van der Waals surface area contributed by atoms with Crippen molar-refractivity contribution in [2.75, 3.05) is 5.32 Å². The number of amides is 1. The number of carbonyl (C=O) groups excluding carboxylic acids is 1. The lowest BCUT2D eigenvalue weighted by Gasteiger charge is -2.19. The van der Waals surface area contributed by atoms with Gasteiger partial charge in [-0.1, -0.05) is 49.7 Å². The molecule has 1 atom stereocenters. The van der Waals surface area contributed by atoms with Crippen molar-refractivity contribution >= 4 is 23.2 Å². The van der Waals surface area contributed by atoms with E-state index in [-0.39, 0.29) is 5.91 Å². The number of nitrogens with one attached hydrogen (secondary N) is 1. The maximum atomic E-state index is 12.3. The summed E-state index contributed by atoms with van der Waals surface area (Å²) in [5.41, 5.74) is 2.78. The van der Waals surface area contributed by atoms with Crippen molar-refractivity contribution in [1.82, 2.24) is 0 Å². The molecule has 3 nitrogen and oxygen atoms in total. The van der Waals surface area contributed by atoms with Crippen LogP contribution in [-0.4, -0.2) is 12.0 Å². The predicted octanol–water partition coefficient (Wildman–Crippen LogP) is 5.18. The number of para-hydroxylation sites is 1. The van der Waals surface area contributed by atoms with Crippen LogP contribution in [0.15, 0.2) is 42.5 Å². The topological polar surface area (TPSA) is 38.3 Å². The van der Waals surface area contributed by atoms with Crippen molar-refractivity contribution in [3.8, 4) is 5.75 Å². The van der Waals surface area contributed by atoms with Gasteiger partial charge in [0.15, 0.2) is 6.10 Å². The molecule has 1 N–H and O–H groups in total. The van der Waals surface area contributed by atoms with Gasteiger partial charge in [0.2, 0.25) is 0 Å². The van der Waals surface area contributed by atoms with Crippen LogP contribution in [0, 0.1) is 6.92 Å². The Morgan fingerprint density at radius 1 is 1.13 bits per heavy atom. The molecule has 2 aromatic rings. The lowest BCUT2D eigenvalue weighted by molar-refractivity contribution is -0.122. The van der Waals surface area contributed by atoms with Crippen LogP contribution in [-0.2, 0) is 4.79 Å². The minimum absolute atomic E-state index is 0.227. The van der Waals surface area contributed by atoms with Crippen LogP contribution in [0.2, 0.25) is 5.02 Å². The molecule has 0 saturated carbocycles. The van der Waals surface area contributed by atoms with Crippen LogP contribution in [0.4, 0.5) is 5.69 Å². The van der Waals surface area contributed by atoms with Crippen molar-refractivity contribution in [2.24, 2.45) is 0 Å². The maximum Gasteiger partial charge on any atom is 0.265 e. The number of carbonyl (C=O) groups is 1. The fourth-order valence-electron chi connectivity index (χ4n) is 2.26. The Morgan fingerprint density at radius 2 is 1.83 bits per heavy atom. The molecule has 0 aliphatic rings. The number of hydrogen-bond donors (Lipinski definition) is 1. The van der Waals surface area contributed by atoms with Gasteiger partial charge < -0.3 is 10.1 Å². The summed E-state index contributed by atoms with van der Waals surface area (Å²) in [7, 11) is 0. The van der Waals surface area contributed by atoms with Crippen LogP contribution in [0.1, 0.15) is 37.8 Å². The average molecular weight is 332 g/mol. The van der Waals surface area contributed by atoms with E-state index in [1.54, 1.807) is 19.1 Å². The highest BCUT2D eigenvalue weighted by Gasteiger charge is 2.18. The quantitative estimate of drug-likeness (QED) is 0.820. The third kappa shape index (κ3) is 4.49. The smallest absolute Gasteiger partial charge is 0.265 e. The van der Waals surface area contributed by atoms with Crippen molar-refractivity contribution in [2.45, 2.75) is 39.7 Å². The zero-order valence-corrected chi connectivity index (χ0v) is 14.6. The molecular weight excluding hydrogens is 310 g/mol. The average Bonchev–Trinajstić information content (AvgIpc) is 2.49. The number of hydrogen-bond acceptors (Lipinski definition) is 2. The summed E-state index contributed by atoms with van der Waals surface area (Å²) in [5.74, 6) is 0.848. The van der Waals surface area contributed by atoms with Gasteiger partial charge in [0.05, 0.1) is 10.7 Å². The number of benzene rings is 2. The molecule has 1 amide bonds. The van der Waals surface area contributed by atoms with Gasteiger partial charge in [-0.2, -0.15) is 0 Å². The minimum atomic E-state index is -0.620. The molecule has 0 spiro atoms. The summed E-state index contributed by atoms with van der Waals surface area (Å²) in [5, 5.41) is 3.30. The second kappa shape index (κ2) is 7.51. The molecule has 0 bridgehead atoms. The fourth-order valence-corrected chi connectivity index (χ4v) is 2.44. The number of rotatable bonds is 5. The highest BCUT2D eigenvalue weighted by molar-refractivity contribution is 6.33. The minimum Gasteiger partial charge on any atom is -0.481 e. The second-order valence-electron chi connectivity index (χ2n) is 5.93. The molecule has 23 heavy (non-hydrogen) atoms. The monoisotopic (exact) mass is 331 g/mol. The Labute approximate surface area is 142 Å². The summed E-state index contributed by atoms with van der Waals surface area (Å²) < 4.78 is 5.91. The zero-order valence-electron chi connectivity index (χ0n) is 13.9. The Balaban J connectivity index is 2.13. The van der Waals surface area contributed by atoms with Crippen LogP contribution < -0.4 is 10.1 Å². The maximum absolute atomic E-state index is 12.3. The Bertz CT molecular complexity index is 698. The van der Waals surface area contributed by atoms with Crippen molar-refractivity contribution in [3.05, 3.63) is 58.6 Å². The first-order chi connectivity index (χ1) is 10.9. The highest BCUT2D eigenvalue weighted by Crippen LogP contribution is 2.28. The van der Waals surface area contributed by atoms with E-state index in [0.717, 1.165) is 16.9 Å². The third-order valence-electron chi connectivity index (χ3n) is 3.60. The lowest BCUT2D eigenvalue weighted by atomic mass is 10.0. The summed E-state index contributed by atoms with van der Waals surface area (Å²) >= 11 is 6.07. The standard InChI is InChI=1S/C19H22ClNO2/c1-12(2)15-10-9-13(3)11-18(15)23-14(4)19(22)21-17-8-6-5-7-16(17)20/h5-12,14H,1-4H3,(H,21,22)/t14-/m0/s1. The largest absolute Gasteiger partial charge is 0.481 e. The highest BCUT2D eigenvalue weighted by atomic mass is 35.5. The normalized spacial score (nSPS) is 12.1. The van der Waals surface area contributed by atoms with Crippen LogP contribution >= 0.6 is 11.6 Å². The number of anilines is 1. The number of halogens is 1. The van der Waals surface area contributed by atoms with E-state index in [1.807, 2.05) is 31.2 Å². The molecule has 0 aliphatic carbocycles. The van der Waals surface area contributed by atoms with Crippen LogP contribution in [0.25, 0.3) is 0 Å². The third-order valence-corrected chi connectivity index (χ3v) is 3.93. The molecular formula is C19H22ClNO2. The van der Waals surface area contributed by atoms with Crippen molar-refractivity contribution in [3.63, 3.8) is 0 Å². The Kier molecular flexibility index (Phi) is 5.67. The lowest BCUT2D eigenvalue weighted by Crippen LogP contribution is -2.30. The molecule has 122 valence electrons. The first-order valence-corrected chi connectivity index (χ1v) is 8.09. The van der Waals surface area contributed by atoms with Crippen LogP contribution in [0.5, 0.6) is 5.75 Å². The van der Waals surface area contributed by atoms with E-state index in [9.17, 15) is 4.79 Å². The SMILES string of the molecule is Cc1ccc(C(C)C)c(O[C@@H](C)C(=O)Nc2ccccc2Cl)c1. The molecule has 2 rings (SSSR count). The van der Waals surface area contributed by atoms with Gasteiger partial charge in [0.1, 0.15) is 5.75 Å². The number of aryl methyl sites for hydroxylation is 1. The van der Waals surface area contributed by atoms with Gasteiger partial charge in [0, 0.05) is 0 Å². The van der Waals surface area contributed by atoms with E-state index in [4.69, 9.17) is 16.3 Å². The van der Waals surface area contributed by atoms with E-state index in [2.05, 4.69) is 25.2 Å². The molecule has 0 aliphatic heterocycles. The van der Waals surface area contributed by atoms with Gasteiger partial charge in [-0.05, 0) is 49.1 Å². The van der Waals surface area contributed by atoms with Gasteiger partial charge in [0.25, 0.3) is 5.91 Å². The zero-order chi connectivity index (χ0) is 17.0. The van der Waals surface area contributed by atoms with Crippen molar-refractivity contribution < 1.29 is 9.53 Å². The number of ether oxygens (including phenoxy) is 1. The van der Waals surface area contributed by atoms with E-state index in [0.29, 0.717) is 16.6 Å². The van der Waals surface area contributed by atoms with Gasteiger partial charge in [-0.15, -0.1) is 0 Å². The van der Waals surface area contributed by atoms with Crippen molar-refractivity contribution in [1.29, 1.82) is 0 Å². The second-order valence-corrected chi connectivity index (χ2v) is 6.33. The summed E-state index contributed by atoms with van der Waals surface area (Å²) in [4.78, 5) is 12.3. The molecule has 0 saturated heterocycles. The molecule has 0 radical (unpaired) electrons. The van der Waals surface area contributed by atoms with Gasteiger partial charge in [-0.3, -0.25) is 4.79 Å². The fraction of sp³-hybridized carbons (Fsp3) is 0.316.